The minimum Gasteiger partial charge on any atom is -0.353 e. The van der Waals surface area contributed by atoms with Crippen LogP contribution in [0, 0.1) is 0 Å². The summed E-state index contributed by atoms with van der Waals surface area (Å²) in [7, 11) is 1.84. The third-order valence-corrected chi connectivity index (χ3v) is 5.12. The van der Waals surface area contributed by atoms with Crippen LogP contribution < -0.4 is 10.6 Å². The first-order valence-corrected chi connectivity index (χ1v) is 9.24. The van der Waals surface area contributed by atoms with Crippen molar-refractivity contribution in [1.82, 2.24) is 25.4 Å². The van der Waals surface area contributed by atoms with Gasteiger partial charge in [0.25, 0.3) is 0 Å². The van der Waals surface area contributed by atoms with Crippen molar-refractivity contribution in [1.29, 1.82) is 0 Å². The second-order valence-corrected chi connectivity index (χ2v) is 6.94. The standard InChI is InChI=1S/C19H26N6/c1-3-17-23-18-10-9-14(12-25(18)24-17)21-19(20-2)22-16-11-15(16)13-7-5-4-6-8-13/h4-8,14-16H,3,9-12H2,1-2H3,(H2,20,21,22). The molecular formula is C19H26N6. The molecular weight excluding hydrogens is 312 g/mol. The Morgan fingerprint density at radius 2 is 2.12 bits per heavy atom. The van der Waals surface area contributed by atoms with E-state index < -0.39 is 0 Å². The number of aromatic nitrogens is 3. The molecule has 0 amide bonds. The summed E-state index contributed by atoms with van der Waals surface area (Å²) in [6.45, 7) is 2.96. The van der Waals surface area contributed by atoms with E-state index in [9.17, 15) is 0 Å². The highest BCUT2D eigenvalue weighted by atomic mass is 15.4. The van der Waals surface area contributed by atoms with Crippen LogP contribution in [0.15, 0.2) is 35.3 Å². The quantitative estimate of drug-likeness (QED) is 0.660. The van der Waals surface area contributed by atoms with Crippen LogP contribution in [0.25, 0.3) is 0 Å². The molecule has 0 saturated heterocycles. The Morgan fingerprint density at radius 3 is 2.88 bits per heavy atom. The Labute approximate surface area is 148 Å². The lowest BCUT2D eigenvalue weighted by Gasteiger charge is -2.25. The molecule has 2 heterocycles. The number of hydrogen-bond acceptors (Lipinski definition) is 3. The molecule has 2 aromatic rings. The zero-order valence-electron chi connectivity index (χ0n) is 14.9. The average Bonchev–Trinajstić information content (AvgIpc) is 3.29. The van der Waals surface area contributed by atoms with E-state index in [4.69, 9.17) is 0 Å². The number of hydrogen-bond donors (Lipinski definition) is 2. The van der Waals surface area contributed by atoms with Crippen LogP contribution in [0.4, 0.5) is 0 Å². The van der Waals surface area contributed by atoms with Gasteiger partial charge in [-0.3, -0.25) is 4.99 Å². The summed E-state index contributed by atoms with van der Waals surface area (Å²) in [4.78, 5) is 9.00. The molecule has 6 nitrogen and oxygen atoms in total. The van der Waals surface area contributed by atoms with Gasteiger partial charge in [0, 0.05) is 37.9 Å². The van der Waals surface area contributed by atoms with Crippen molar-refractivity contribution < 1.29 is 0 Å². The molecule has 0 radical (unpaired) electrons. The van der Waals surface area contributed by atoms with Crippen molar-refractivity contribution in [3.63, 3.8) is 0 Å². The fraction of sp³-hybridized carbons (Fsp3) is 0.526. The van der Waals surface area contributed by atoms with Crippen molar-refractivity contribution in [3.8, 4) is 0 Å². The highest BCUT2D eigenvalue weighted by Gasteiger charge is 2.39. The largest absolute Gasteiger partial charge is 0.353 e. The van der Waals surface area contributed by atoms with Gasteiger partial charge in [0.05, 0.1) is 6.54 Å². The van der Waals surface area contributed by atoms with E-state index in [1.807, 2.05) is 7.05 Å². The van der Waals surface area contributed by atoms with E-state index in [0.717, 1.165) is 43.4 Å². The van der Waals surface area contributed by atoms with Crippen LogP contribution in [0.3, 0.4) is 0 Å². The predicted octanol–water partition coefficient (Wildman–Crippen LogP) is 1.88. The van der Waals surface area contributed by atoms with E-state index in [1.165, 1.54) is 12.0 Å². The van der Waals surface area contributed by atoms with E-state index in [0.29, 0.717) is 18.0 Å². The third kappa shape index (κ3) is 3.52. The normalized spacial score (nSPS) is 25.4. The molecule has 2 N–H and O–H groups in total. The fourth-order valence-electron chi connectivity index (χ4n) is 3.59. The lowest BCUT2D eigenvalue weighted by Crippen LogP contribution is -2.47. The molecule has 0 bridgehead atoms. The Kier molecular flexibility index (Phi) is 4.42. The van der Waals surface area contributed by atoms with Gasteiger partial charge in [-0.2, -0.15) is 5.10 Å². The van der Waals surface area contributed by atoms with Crippen LogP contribution in [0.5, 0.6) is 0 Å². The maximum atomic E-state index is 4.58. The second-order valence-electron chi connectivity index (χ2n) is 6.94. The molecule has 1 aromatic heterocycles. The highest BCUT2D eigenvalue weighted by Crippen LogP contribution is 2.40. The third-order valence-electron chi connectivity index (χ3n) is 5.12. The first-order chi connectivity index (χ1) is 12.3. The summed E-state index contributed by atoms with van der Waals surface area (Å²) in [6.07, 6.45) is 4.10. The first kappa shape index (κ1) is 16.1. The Morgan fingerprint density at radius 1 is 1.28 bits per heavy atom. The number of nitrogens with zero attached hydrogens (tertiary/aromatic N) is 4. The van der Waals surface area contributed by atoms with Gasteiger partial charge in [-0.1, -0.05) is 37.3 Å². The van der Waals surface area contributed by atoms with Crippen molar-refractivity contribution in [2.75, 3.05) is 7.05 Å². The number of aliphatic imine (C=N–C) groups is 1. The number of rotatable bonds is 4. The van der Waals surface area contributed by atoms with Crippen molar-refractivity contribution in [3.05, 3.63) is 47.5 Å². The summed E-state index contributed by atoms with van der Waals surface area (Å²) in [5.41, 5.74) is 1.41. The van der Waals surface area contributed by atoms with Gasteiger partial charge < -0.3 is 10.6 Å². The highest BCUT2D eigenvalue weighted by molar-refractivity contribution is 5.80. The molecule has 2 aliphatic rings. The molecule has 1 saturated carbocycles. The zero-order chi connectivity index (χ0) is 17.2. The Hall–Kier alpha value is -2.37. The summed E-state index contributed by atoms with van der Waals surface area (Å²) >= 11 is 0. The van der Waals surface area contributed by atoms with Crippen molar-refractivity contribution in [2.24, 2.45) is 4.99 Å². The lowest BCUT2D eigenvalue weighted by molar-refractivity contribution is 0.392. The number of fused-ring (bicyclic) bond motifs is 1. The number of aryl methyl sites for hydroxylation is 2. The molecule has 3 unspecified atom stereocenters. The number of nitrogens with one attached hydrogen (secondary N) is 2. The summed E-state index contributed by atoms with van der Waals surface area (Å²) < 4.78 is 2.05. The summed E-state index contributed by atoms with van der Waals surface area (Å²) in [5.74, 6) is 3.55. The number of benzene rings is 1. The van der Waals surface area contributed by atoms with E-state index in [2.05, 4.69) is 67.6 Å². The van der Waals surface area contributed by atoms with E-state index in [1.54, 1.807) is 0 Å². The molecule has 1 aromatic carbocycles. The molecule has 25 heavy (non-hydrogen) atoms. The van der Waals surface area contributed by atoms with E-state index in [-0.39, 0.29) is 0 Å². The molecule has 1 aliphatic heterocycles. The molecule has 3 atom stereocenters. The SMILES string of the molecule is CCc1nc2n(n1)CC(NC(=NC)NC1CC1c1ccccc1)CC2. The van der Waals surface area contributed by atoms with Gasteiger partial charge in [-0.05, 0) is 18.4 Å². The zero-order valence-corrected chi connectivity index (χ0v) is 14.9. The van der Waals surface area contributed by atoms with Crippen molar-refractivity contribution >= 4 is 5.96 Å². The minimum atomic E-state index is 0.346. The molecule has 132 valence electrons. The van der Waals surface area contributed by atoms with Gasteiger partial charge in [0.2, 0.25) is 0 Å². The van der Waals surface area contributed by atoms with Gasteiger partial charge in [-0.15, -0.1) is 0 Å². The second kappa shape index (κ2) is 6.86. The van der Waals surface area contributed by atoms with Crippen LogP contribution in [0.1, 0.15) is 42.9 Å². The maximum absolute atomic E-state index is 4.58. The van der Waals surface area contributed by atoms with Crippen LogP contribution in [-0.2, 0) is 19.4 Å². The molecule has 1 aliphatic carbocycles. The average molecular weight is 338 g/mol. The predicted molar refractivity (Wildman–Crippen MR) is 98.7 cm³/mol. The summed E-state index contributed by atoms with van der Waals surface area (Å²) in [5, 5.41) is 11.7. The lowest BCUT2D eigenvalue weighted by atomic mass is 10.1. The topological polar surface area (TPSA) is 67.1 Å². The van der Waals surface area contributed by atoms with Crippen LogP contribution in [-0.4, -0.2) is 39.9 Å². The van der Waals surface area contributed by atoms with Gasteiger partial charge in [-0.25, -0.2) is 9.67 Å². The van der Waals surface area contributed by atoms with Crippen LogP contribution >= 0.6 is 0 Å². The first-order valence-electron chi connectivity index (χ1n) is 9.24. The van der Waals surface area contributed by atoms with Gasteiger partial charge >= 0.3 is 0 Å². The van der Waals surface area contributed by atoms with Gasteiger partial charge in [0.1, 0.15) is 5.82 Å². The Bertz CT molecular complexity index is 751. The van der Waals surface area contributed by atoms with Gasteiger partial charge in [0.15, 0.2) is 11.8 Å². The molecule has 4 rings (SSSR count). The molecule has 1 fully saturated rings. The van der Waals surface area contributed by atoms with Crippen molar-refractivity contribution in [2.45, 2.75) is 57.2 Å². The number of guanidine groups is 1. The minimum absolute atomic E-state index is 0.346. The smallest absolute Gasteiger partial charge is 0.191 e. The van der Waals surface area contributed by atoms with E-state index >= 15 is 0 Å². The summed E-state index contributed by atoms with van der Waals surface area (Å²) in [6, 6.07) is 11.5. The molecule has 0 spiro atoms. The Balaban J connectivity index is 1.33. The monoisotopic (exact) mass is 338 g/mol. The maximum Gasteiger partial charge on any atom is 0.191 e. The van der Waals surface area contributed by atoms with Crippen LogP contribution in [0.2, 0.25) is 0 Å². The fourth-order valence-corrected chi connectivity index (χ4v) is 3.59. The molecule has 6 heteroatoms.